The second-order valence-corrected chi connectivity index (χ2v) is 6.84. The van der Waals surface area contributed by atoms with Gasteiger partial charge in [0.1, 0.15) is 6.07 Å². The monoisotopic (exact) mass is 391 g/mol. The van der Waals surface area contributed by atoms with E-state index in [2.05, 4.69) is 36.1 Å². The Balaban J connectivity index is 1.58. The molecular weight excluding hydrogens is 366 g/mol. The fraction of sp³-hybridized carbons (Fsp3) is 0.304. The maximum atomic E-state index is 12.6. The van der Waals surface area contributed by atoms with Crippen molar-refractivity contribution in [1.82, 2.24) is 4.90 Å². The topological polar surface area (TPSA) is 65.8 Å². The van der Waals surface area contributed by atoms with Gasteiger partial charge in [-0.1, -0.05) is 18.2 Å². The van der Waals surface area contributed by atoms with Gasteiger partial charge in [-0.2, -0.15) is 5.26 Å². The van der Waals surface area contributed by atoms with Gasteiger partial charge in [-0.05, 0) is 48.4 Å². The van der Waals surface area contributed by atoms with Crippen molar-refractivity contribution in [2.45, 2.75) is 6.92 Å². The first-order chi connectivity index (χ1) is 14.1. The van der Waals surface area contributed by atoms with Gasteiger partial charge < -0.3 is 19.3 Å². The summed E-state index contributed by atoms with van der Waals surface area (Å²) >= 11 is 0. The van der Waals surface area contributed by atoms with E-state index in [4.69, 9.17) is 14.7 Å². The van der Waals surface area contributed by atoms with E-state index in [0.717, 1.165) is 18.7 Å². The fourth-order valence-corrected chi connectivity index (χ4v) is 3.30. The number of anilines is 1. The molecule has 2 aromatic rings. The van der Waals surface area contributed by atoms with Gasteiger partial charge in [0.15, 0.2) is 18.1 Å². The predicted octanol–water partition coefficient (Wildman–Crippen LogP) is 3.27. The van der Waals surface area contributed by atoms with Crippen molar-refractivity contribution in [3.63, 3.8) is 0 Å². The third-order valence-electron chi connectivity index (χ3n) is 4.86. The second kappa shape index (κ2) is 9.65. The molecule has 1 amide bonds. The van der Waals surface area contributed by atoms with E-state index in [9.17, 15) is 4.79 Å². The third kappa shape index (κ3) is 5.29. The highest BCUT2D eigenvalue weighted by Gasteiger charge is 2.19. The van der Waals surface area contributed by atoms with Crippen LogP contribution in [0.3, 0.4) is 0 Å². The Morgan fingerprint density at radius 2 is 1.93 bits per heavy atom. The lowest BCUT2D eigenvalue weighted by molar-refractivity contribution is -0.126. The molecule has 150 valence electrons. The number of aryl methyl sites for hydroxylation is 1. The Morgan fingerprint density at radius 1 is 1.14 bits per heavy atom. The molecule has 0 radical (unpaired) electrons. The first-order valence-corrected chi connectivity index (χ1v) is 9.57. The highest BCUT2D eigenvalue weighted by molar-refractivity contribution is 5.92. The van der Waals surface area contributed by atoms with Gasteiger partial charge in [-0.15, -0.1) is 0 Å². The molecule has 0 saturated carbocycles. The first-order valence-electron chi connectivity index (χ1n) is 9.57. The minimum Gasteiger partial charge on any atom is -0.493 e. The second-order valence-electron chi connectivity index (χ2n) is 6.84. The summed E-state index contributed by atoms with van der Waals surface area (Å²) in [6, 6.07) is 15.7. The average molecular weight is 391 g/mol. The molecule has 0 spiro atoms. The minimum atomic E-state index is -0.0431. The fourth-order valence-electron chi connectivity index (χ4n) is 3.30. The van der Waals surface area contributed by atoms with Crippen LogP contribution in [0.4, 0.5) is 5.69 Å². The van der Waals surface area contributed by atoms with Crippen LogP contribution >= 0.6 is 0 Å². The van der Waals surface area contributed by atoms with Crippen molar-refractivity contribution in [3.8, 4) is 17.6 Å². The van der Waals surface area contributed by atoms with Crippen LogP contribution in [0.15, 0.2) is 48.5 Å². The molecule has 0 aliphatic carbocycles. The average Bonchev–Trinajstić information content (AvgIpc) is 2.76. The number of hydrogen-bond donors (Lipinski definition) is 0. The van der Waals surface area contributed by atoms with Crippen LogP contribution in [0.2, 0.25) is 0 Å². The lowest BCUT2D eigenvalue weighted by atomic mass is 10.1. The molecule has 6 heteroatoms. The number of nitrogens with zero attached hydrogens (tertiary/aromatic N) is 3. The smallest absolute Gasteiger partial charge is 0.246 e. The lowest BCUT2D eigenvalue weighted by Gasteiger charge is -2.35. The van der Waals surface area contributed by atoms with E-state index in [1.54, 1.807) is 31.4 Å². The van der Waals surface area contributed by atoms with E-state index < -0.39 is 0 Å². The number of piperazine rings is 1. The maximum Gasteiger partial charge on any atom is 0.246 e. The molecule has 0 atom stereocenters. The normalized spacial score (nSPS) is 14.0. The van der Waals surface area contributed by atoms with Crippen molar-refractivity contribution >= 4 is 17.7 Å². The SMILES string of the molecule is COc1cc(/C=C/C(=O)N2CCN(c3cccc(C)c3)CC2)ccc1OCC#N. The Morgan fingerprint density at radius 3 is 2.62 bits per heavy atom. The van der Waals surface area contributed by atoms with Crippen molar-refractivity contribution < 1.29 is 14.3 Å². The molecule has 29 heavy (non-hydrogen) atoms. The van der Waals surface area contributed by atoms with Gasteiger partial charge in [-0.25, -0.2) is 0 Å². The predicted molar refractivity (Wildman–Crippen MR) is 113 cm³/mol. The zero-order valence-corrected chi connectivity index (χ0v) is 16.8. The number of hydrogen-bond acceptors (Lipinski definition) is 5. The molecule has 1 aliphatic heterocycles. The summed E-state index contributed by atoms with van der Waals surface area (Å²) in [6.07, 6.45) is 3.36. The minimum absolute atomic E-state index is 0.00216. The summed E-state index contributed by atoms with van der Waals surface area (Å²) in [6.45, 7) is 5.08. The standard InChI is InChI=1S/C23H25N3O3/c1-18-4-3-5-20(16-18)25-11-13-26(14-12-25)23(27)9-7-19-6-8-21(29-15-10-24)22(17-19)28-2/h3-9,16-17H,11-15H2,1-2H3/b9-7+. The van der Waals surface area contributed by atoms with Gasteiger partial charge in [0.25, 0.3) is 0 Å². The summed E-state index contributed by atoms with van der Waals surface area (Å²) < 4.78 is 10.6. The number of carbonyl (C=O) groups is 1. The summed E-state index contributed by atoms with van der Waals surface area (Å²) in [5.41, 5.74) is 3.28. The largest absolute Gasteiger partial charge is 0.493 e. The van der Waals surface area contributed by atoms with Crippen LogP contribution in [-0.4, -0.2) is 50.7 Å². The number of methoxy groups -OCH3 is 1. The van der Waals surface area contributed by atoms with Crippen molar-refractivity contribution in [2.75, 3.05) is 44.8 Å². The molecule has 1 saturated heterocycles. The van der Waals surface area contributed by atoms with Gasteiger partial charge >= 0.3 is 0 Å². The molecule has 0 bridgehead atoms. The number of benzene rings is 2. The Hall–Kier alpha value is -3.46. The number of ether oxygens (including phenoxy) is 2. The molecule has 0 unspecified atom stereocenters. The van der Waals surface area contributed by atoms with Crippen molar-refractivity contribution in [3.05, 3.63) is 59.7 Å². The number of nitriles is 1. The number of rotatable bonds is 6. The van der Waals surface area contributed by atoms with E-state index in [1.807, 2.05) is 17.0 Å². The molecule has 6 nitrogen and oxygen atoms in total. The molecule has 1 heterocycles. The summed E-state index contributed by atoms with van der Waals surface area (Å²) in [5, 5.41) is 8.64. The highest BCUT2D eigenvalue weighted by atomic mass is 16.5. The Kier molecular flexibility index (Phi) is 6.75. The molecule has 3 rings (SSSR count). The number of amides is 1. The van der Waals surface area contributed by atoms with Gasteiger partial charge in [0, 0.05) is 37.9 Å². The van der Waals surface area contributed by atoms with Crippen LogP contribution in [0, 0.1) is 18.3 Å². The number of carbonyl (C=O) groups excluding carboxylic acids is 1. The van der Waals surface area contributed by atoms with E-state index in [-0.39, 0.29) is 12.5 Å². The quantitative estimate of drug-likeness (QED) is 0.707. The molecule has 1 fully saturated rings. The zero-order chi connectivity index (χ0) is 20.6. The zero-order valence-electron chi connectivity index (χ0n) is 16.8. The maximum absolute atomic E-state index is 12.6. The van der Waals surface area contributed by atoms with Crippen LogP contribution in [0.25, 0.3) is 6.08 Å². The van der Waals surface area contributed by atoms with Gasteiger partial charge in [-0.3, -0.25) is 4.79 Å². The van der Waals surface area contributed by atoms with Gasteiger partial charge in [0.05, 0.1) is 7.11 Å². The first kappa shape index (κ1) is 20.3. The highest BCUT2D eigenvalue weighted by Crippen LogP contribution is 2.28. The summed E-state index contributed by atoms with van der Waals surface area (Å²) in [4.78, 5) is 16.7. The lowest BCUT2D eigenvalue weighted by Crippen LogP contribution is -2.48. The van der Waals surface area contributed by atoms with Gasteiger partial charge in [0.2, 0.25) is 5.91 Å². The molecular formula is C23H25N3O3. The van der Waals surface area contributed by atoms with Crippen LogP contribution < -0.4 is 14.4 Å². The van der Waals surface area contributed by atoms with E-state index in [0.29, 0.717) is 24.6 Å². The molecule has 0 N–H and O–H groups in total. The summed E-state index contributed by atoms with van der Waals surface area (Å²) in [7, 11) is 1.54. The van der Waals surface area contributed by atoms with Crippen LogP contribution in [0.1, 0.15) is 11.1 Å². The molecule has 0 aromatic heterocycles. The summed E-state index contributed by atoms with van der Waals surface area (Å²) in [5.74, 6) is 1.03. The van der Waals surface area contributed by atoms with E-state index in [1.165, 1.54) is 11.3 Å². The van der Waals surface area contributed by atoms with E-state index >= 15 is 0 Å². The van der Waals surface area contributed by atoms with Crippen LogP contribution in [0.5, 0.6) is 11.5 Å². The van der Waals surface area contributed by atoms with Crippen molar-refractivity contribution in [2.24, 2.45) is 0 Å². The molecule has 2 aromatic carbocycles. The third-order valence-corrected chi connectivity index (χ3v) is 4.86. The van der Waals surface area contributed by atoms with Crippen LogP contribution in [-0.2, 0) is 4.79 Å². The Labute approximate surface area is 171 Å². The molecule has 1 aliphatic rings. The Bertz CT molecular complexity index is 925. The van der Waals surface area contributed by atoms with Crippen molar-refractivity contribution in [1.29, 1.82) is 5.26 Å².